The van der Waals surface area contributed by atoms with Gasteiger partial charge in [-0.1, -0.05) is 6.07 Å². The Morgan fingerprint density at radius 3 is 2.81 bits per heavy atom. The summed E-state index contributed by atoms with van der Waals surface area (Å²) in [6.45, 7) is 2.70. The lowest BCUT2D eigenvalue weighted by Gasteiger charge is -2.21. The number of hydrogen-bond donors (Lipinski definition) is 1. The smallest absolute Gasteiger partial charge is 0.279 e. The predicted octanol–water partition coefficient (Wildman–Crippen LogP) is 0.832. The number of rotatable bonds is 5. The van der Waals surface area contributed by atoms with E-state index >= 15 is 0 Å². The number of aromatic nitrogens is 1. The van der Waals surface area contributed by atoms with Gasteiger partial charge in [-0.15, -0.1) is 0 Å². The highest BCUT2D eigenvalue weighted by Gasteiger charge is 2.23. The van der Waals surface area contributed by atoms with Crippen LogP contribution in [0.5, 0.6) is 0 Å². The quantitative estimate of drug-likeness (QED) is 0.875. The molecular formula is C14H24N4O2S. The van der Waals surface area contributed by atoms with Gasteiger partial charge in [-0.25, -0.2) is 0 Å². The zero-order valence-corrected chi connectivity index (χ0v) is 13.5. The van der Waals surface area contributed by atoms with Crippen molar-refractivity contribution in [2.45, 2.75) is 31.8 Å². The van der Waals surface area contributed by atoms with Gasteiger partial charge in [-0.3, -0.25) is 9.88 Å². The normalized spacial score (nSPS) is 21.4. The van der Waals surface area contributed by atoms with Crippen LogP contribution in [0.25, 0.3) is 0 Å². The van der Waals surface area contributed by atoms with Crippen LogP contribution >= 0.6 is 0 Å². The Bertz CT molecular complexity index is 533. The van der Waals surface area contributed by atoms with E-state index in [1.54, 1.807) is 20.3 Å². The molecule has 1 atom stereocenters. The topological polar surface area (TPSA) is 65.5 Å². The molecule has 1 N–H and O–H groups in total. The van der Waals surface area contributed by atoms with Gasteiger partial charge in [-0.2, -0.15) is 17.4 Å². The van der Waals surface area contributed by atoms with Gasteiger partial charge in [0.05, 0.1) is 5.69 Å². The molecule has 1 aromatic heterocycles. The van der Waals surface area contributed by atoms with E-state index in [0.717, 1.165) is 44.6 Å². The zero-order chi connectivity index (χ0) is 15.3. The van der Waals surface area contributed by atoms with Crippen molar-refractivity contribution >= 4 is 10.2 Å². The van der Waals surface area contributed by atoms with Crippen molar-refractivity contribution in [1.29, 1.82) is 0 Å². The van der Waals surface area contributed by atoms with Crippen molar-refractivity contribution in [3.63, 3.8) is 0 Å². The standard InChI is InChI=1S/C14H24N4O2S/c1-17(2)21(19,20)16-13-7-5-10-18(11-8-13)12-14-6-3-4-9-15-14/h3-4,6,9,13,16H,5,7-8,10-12H2,1-2H3. The summed E-state index contributed by atoms with van der Waals surface area (Å²) in [7, 11) is -0.242. The summed E-state index contributed by atoms with van der Waals surface area (Å²) in [5.41, 5.74) is 1.06. The molecule has 2 heterocycles. The van der Waals surface area contributed by atoms with E-state index in [4.69, 9.17) is 0 Å². The van der Waals surface area contributed by atoms with Crippen LogP contribution in [0.15, 0.2) is 24.4 Å². The molecule has 6 nitrogen and oxygen atoms in total. The van der Waals surface area contributed by atoms with Crippen molar-refractivity contribution in [3.05, 3.63) is 30.1 Å². The lowest BCUT2D eigenvalue weighted by atomic mass is 10.1. The molecule has 0 saturated carbocycles. The van der Waals surface area contributed by atoms with Gasteiger partial charge in [-0.05, 0) is 37.9 Å². The largest absolute Gasteiger partial charge is 0.297 e. The van der Waals surface area contributed by atoms with Gasteiger partial charge >= 0.3 is 0 Å². The van der Waals surface area contributed by atoms with E-state index in [-0.39, 0.29) is 6.04 Å². The highest BCUT2D eigenvalue weighted by Crippen LogP contribution is 2.14. The van der Waals surface area contributed by atoms with Crippen LogP contribution in [-0.4, -0.2) is 55.8 Å². The minimum Gasteiger partial charge on any atom is -0.297 e. The van der Waals surface area contributed by atoms with E-state index < -0.39 is 10.2 Å². The first kappa shape index (κ1) is 16.4. The van der Waals surface area contributed by atoms with E-state index in [0.29, 0.717) is 0 Å². The van der Waals surface area contributed by atoms with Crippen molar-refractivity contribution in [2.75, 3.05) is 27.2 Å². The second kappa shape index (κ2) is 7.31. The number of nitrogens with one attached hydrogen (secondary N) is 1. The second-order valence-electron chi connectivity index (χ2n) is 5.63. The van der Waals surface area contributed by atoms with E-state index in [1.807, 2.05) is 18.2 Å². The molecule has 21 heavy (non-hydrogen) atoms. The fourth-order valence-electron chi connectivity index (χ4n) is 2.47. The maximum atomic E-state index is 11.9. The molecule has 1 aromatic rings. The SMILES string of the molecule is CN(C)S(=O)(=O)NC1CCCN(Cc2ccccn2)CC1. The Morgan fingerprint density at radius 2 is 2.14 bits per heavy atom. The fourth-order valence-corrected chi connectivity index (χ4v) is 3.34. The van der Waals surface area contributed by atoms with Crippen LogP contribution in [0, 0.1) is 0 Å². The summed E-state index contributed by atoms with van der Waals surface area (Å²) < 4.78 is 27.7. The van der Waals surface area contributed by atoms with Gasteiger partial charge in [0.1, 0.15) is 0 Å². The lowest BCUT2D eigenvalue weighted by Crippen LogP contribution is -2.42. The summed E-state index contributed by atoms with van der Waals surface area (Å²) >= 11 is 0. The molecule has 0 aliphatic carbocycles. The Hall–Kier alpha value is -1.02. The number of pyridine rings is 1. The van der Waals surface area contributed by atoms with Crippen LogP contribution < -0.4 is 4.72 Å². The first-order valence-electron chi connectivity index (χ1n) is 7.29. The summed E-state index contributed by atoms with van der Waals surface area (Å²) in [6.07, 6.45) is 4.51. The summed E-state index contributed by atoms with van der Waals surface area (Å²) in [4.78, 5) is 6.68. The Labute approximate surface area is 127 Å². The molecule has 2 rings (SSSR count). The third kappa shape index (κ3) is 5.03. The first-order chi connectivity index (χ1) is 9.97. The molecule has 0 radical (unpaired) electrons. The average Bonchev–Trinajstić information content (AvgIpc) is 2.65. The summed E-state index contributed by atoms with van der Waals surface area (Å²) in [5, 5.41) is 0. The monoisotopic (exact) mass is 312 g/mol. The molecule has 7 heteroatoms. The van der Waals surface area contributed by atoms with Crippen molar-refractivity contribution in [1.82, 2.24) is 18.9 Å². The maximum absolute atomic E-state index is 11.9. The van der Waals surface area contributed by atoms with Crippen molar-refractivity contribution in [3.8, 4) is 0 Å². The van der Waals surface area contributed by atoms with Crippen molar-refractivity contribution in [2.24, 2.45) is 0 Å². The van der Waals surface area contributed by atoms with E-state index in [2.05, 4.69) is 14.6 Å². The van der Waals surface area contributed by atoms with E-state index in [9.17, 15) is 8.42 Å². The van der Waals surface area contributed by atoms with Gasteiger partial charge in [0, 0.05) is 39.4 Å². The lowest BCUT2D eigenvalue weighted by molar-refractivity contribution is 0.272. The molecular weight excluding hydrogens is 288 g/mol. The second-order valence-corrected chi connectivity index (χ2v) is 7.55. The fraction of sp³-hybridized carbons (Fsp3) is 0.643. The Kier molecular flexibility index (Phi) is 5.69. The predicted molar refractivity (Wildman–Crippen MR) is 82.9 cm³/mol. The zero-order valence-electron chi connectivity index (χ0n) is 12.7. The van der Waals surface area contributed by atoms with Crippen LogP contribution in [-0.2, 0) is 16.8 Å². The Balaban J connectivity index is 1.87. The third-order valence-electron chi connectivity index (χ3n) is 3.73. The van der Waals surface area contributed by atoms with Gasteiger partial charge in [0.2, 0.25) is 0 Å². The Morgan fingerprint density at radius 1 is 1.33 bits per heavy atom. The maximum Gasteiger partial charge on any atom is 0.279 e. The number of likely N-dealkylation sites (tertiary alicyclic amines) is 1. The van der Waals surface area contributed by atoms with Gasteiger partial charge in [0.25, 0.3) is 10.2 Å². The number of hydrogen-bond acceptors (Lipinski definition) is 4. The van der Waals surface area contributed by atoms with Crippen LogP contribution in [0.2, 0.25) is 0 Å². The van der Waals surface area contributed by atoms with Gasteiger partial charge < -0.3 is 0 Å². The highest BCUT2D eigenvalue weighted by atomic mass is 32.2. The van der Waals surface area contributed by atoms with Crippen molar-refractivity contribution < 1.29 is 8.42 Å². The average molecular weight is 312 g/mol. The minimum absolute atomic E-state index is 0.0196. The summed E-state index contributed by atoms with van der Waals surface area (Å²) in [5.74, 6) is 0. The van der Waals surface area contributed by atoms with Crippen LogP contribution in [0.3, 0.4) is 0 Å². The molecule has 1 fully saturated rings. The molecule has 118 valence electrons. The molecule has 1 saturated heterocycles. The molecule has 1 aliphatic heterocycles. The number of nitrogens with zero attached hydrogens (tertiary/aromatic N) is 3. The molecule has 1 unspecified atom stereocenters. The molecule has 0 spiro atoms. The highest BCUT2D eigenvalue weighted by molar-refractivity contribution is 7.87. The van der Waals surface area contributed by atoms with Crippen LogP contribution in [0.4, 0.5) is 0 Å². The van der Waals surface area contributed by atoms with Crippen LogP contribution in [0.1, 0.15) is 25.0 Å². The molecule has 0 amide bonds. The summed E-state index contributed by atoms with van der Waals surface area (Å²) in [6, 6.07) is 5.95. The minimum atomic E-state index is -3.34. The molecule has 0 aromatic carbocycles. The molecule has 0 bridgehead atoms. The molecule has 1 aliphatic rings. The van der Waals surface area contributed by atoms with Gasteiger partial charge in [0.15, 0.2) is 0 Å². The van der Waals surface area contributed by atoms with E-state index in [1.165, 1.54) is 4.31 Å². The first-order valence-corrected chi connectivity index (χ1v) is 8.73. The third-order valence-corrected chi connectivity index (χ3v) is 5.32.